The van der Waals surface area contributed by atoms with Gasteiger partial charge in [-0.3, -0.25) is 0 Å². The van der Waals surface area contributed by atoms with Crippen molar-refractivity contribution >= 4 is 11.7 Å². The Morgan fingerprint density at radius 3 is 2.84 bits per heavy atom. The Bertz CT molecular complexity index is 500. The van der Waals surface area contributed by atoms with Crippen molar-refractivity contribution < 1.29 is 14.6 Å². The normalized spacial score (nSPS) is 28.5. The second kappa shape index (κ2) is 4.76. The van der Waals surface area contributed by atoms with Crippen LogP contribution in [0.25, 0.3) is 0 Å². The Morgan fingerprint density at radius 2 is 2.21 bits per heavy atom. The van der Waals surface area contributed by atoms with Crippen molar-refractivity contribution in [3.05, 3.63) is 23.8 Å². The van der Waals surface area contributed by atoms with Crippen LogP contribution in [0.2, 0.25) is 0 Å². The third-order valence-electron chi connectivity index (χ3n) is 4.60. The van der Waals surface area contributed by atoms with E-state index in [2.05, 4.69) is 0 Å². The second-order valence-electron chi connectivity index (χ2n) is 5.78. The highest BCUT2D eigenvalue weighted by molar-refractivity contribution is 5.93. The standard InChI is InChI=1S/C15H19NO3/c16-13-3-1-2-12(15(17)18)14(13)19-8-11-7-9-4-5-10(11)6-9/h1-3,9-11H,4-8,16H2,(H,17,18). The number of benzene rings is 1. The lowest BCUT2D eigenvalue weighted by molar-refractivity contribution is 0.0690. The molecule has 4 nitrogen and oxygen atoms in total. The van der Waals surface area contributed by atoms with E-state index >= 15 is 0 Å². The first kappa shape index (κ1) is 12.3. The second-order valence-corrected chi connectivity index (χ2v) is 5.78. The number of aromatic carboxylic acids is 1. The fourth-order valence-corrected chi connectivity index (χ4v) is 3.66. The van der Waals surface area contributed by atoms with Crippen LogP contribution in [-0.2, 0) is 0 Å². The number of fused-ring (bicyclic) bond motifs is 2. The van der Waals surface area contributed by atoms with Crippen LogP contribution in [0, 0.1) is 17.8 Å². The van der Waals surface area contributed by atoms with Gasteiger partial charge in [-0.2, -0.15) is 0 Å². The van der Waals surface area contributed by atoms with Crippen molar-refractivity contribution in [2.24, 2.45) is 17.8 Å². The van der Waals surface area contributed by atoms with Crippen molar-refractivity contribution in [3.63, 3.8) is 0 Å². The zero-order valence-corrected chi connectivity index (χ0v) is 10.8. The Kier molecular flexibility index (Phi) is 3.09. The lowest BCUT2D eigenvalue weighted by Crippen LogP contribution is -2.19. The minimum Gasteiger partial charge on any atom is -0.490 e. The first-order valence-electron chi connectivity index (χ1n) is 6.89. The van der Waals surface area contributed by atoms with Crippen molar-refractivity contribution in [2.45, 2.75) is 25.7 Å². The number of ether oxygens (including phenoxy) is 1. The van der Waals surface area contributed by atoms with Crippen molar-refractivity contribution in [1.82, 2.24) is 0 Å². The smallest absolute Gasteiger partial charge is 0.339 e. The molecule has 0 aromatic heterocycles. The lowest BCUT2D eigenvalue weighted by atomic mass is 9.89. The van der Waals surface area contributed by atoms with E-state index in [1.807, 2.05) is 0 Å². The molecule has 2 saturated carbocycles. The molecule has 0 heterocycles. The third kappa shape index (κ3) is 2.27. The van der Waals surface area contributed by atoms with Crippen LogP contribution in [0.5, 0.6) is 5.75 Å². The molecule has 102 valence electrons. The van der Waals surface area contributed by atoms with Gasteiger partial charge in [0.1, 0.15) is 5.56 Å². The Labute approximate surface area is 112 Å². The number of nitrogen functional groups attached to an aromatic ring is 1. The highest BCUT2D eigenvalue weighted by atomic mass is 16.5. The lowest BCUT2D eigenvalue weighted by Gasteiger charge is -2.22. The van der Waals surface area contributed by atoms with E-state index in [0.717, 1.165) is 11.8 Å². The molecule has 2 aliphatic carbocycles. The summed E-state index contributed by atoms with van der Waals surface area (Å²) in [5, 5.41) is 9.15. The maximum absolute atomic E-state index is 11.2. The fourth-order valence-electron chi connectivity index (χ4n) is 3.66. The summed E-state index contributed by atoms with van der Waals surface area (Å²) in [6.45, 7) is 0.593. The van der Waals surface area contributed by atoms with E-state index < -0.39 is 5.97 Å². The summed E-state index contributed by atoms with van der Waals surface area (Å²) in [5.41, 5.74) is 6.39. The number of carboxylic acid groups (broad SMARTS) is 1. The molecule has 0 spiro atoms. The van der Waals surface area contributed by atoms with Gasteiger partial charge in [-0.1, -0.05) is 12.5 Å². The minimum absolute atomic E-state index is 0.156. The monoisotopic (exact) mass is 261 g/mol. The number of para-hydroxylation sites is 1. The summed E-state index contributed by atoms with van der Waals surface area (Å²) >= 11 is 0. The molecule has 0 radical (unpaired) electrons. The quantitative estimate of drug-likeness (QED) is 0.817. The van der Waals surface area contributed by atoms with Gasteiger partial charge in [0.2, 0.25) is 0 Å². The van der Waals surface area contributed by atoms with E-state index in [1.165, 1.54) is 31.7 Å². The van der Waals surface area contributed by atoms with Crippen molar-refractivity contribution in [3.8, 4) is 5.75 Å². The average Bonchev–Trinajstić information content (AvgIpc) is 2.99. The Hall–Kier alpha value is -1.71. The molecule has 3 N–H and O–H groups in total. The van der Waals surface area contributed by atoms with Crippen LogP contribution in [0.3, 0.4) is 0 Å². The van der Waals surface area contributed by atoms with Gasteiger partial charge in [-0.15, -0.1) is 0 Å². The zero-order valence-electron chi connectivity index (χ0n) is 10.8. The number of nitrogens with two attached hydrogens (primary N) is 1. The molecule has 0 aliphatic heterocycles. The predicted octanol–water partition coefficient (Wildman–Crippen LogP) is 2.78. The van der Waals surface area contributed by atoms with Gasteiger partial charge in [-0.05, 0) is 49.1 Å². The summed E-state index contributed by atoms with van der Waals surface area (Å²) < 4.78 is 5.76. The molecule has 1 aromatic rings. The van der Waals surface area contributed by atoms with Gasteiger partial charge in [0.05, 0.1) is 12.3 Å². The van der Waals surface area contributed by atoms with Crippen molar-refractivity contribution in [1.29, 1.82) is 0 Å². The molecule has 2 fully saturated rings. The summed E-state index contributed by atoms with van der Waals surface area (Å²) in [6.07, 6.45) is 5.20. The topological polar surface area (TPSA) is 72.6 Å². The molecule has 3 atom stereocenters. The van der Waals surface area contributed by atoms with Crippen LogP contribution in [0.4, 0.5) is 5.69 Å². The molecule has 19 heavy (non-hydrogen) atoms. The zero-order chi connectivity index (χ0) is 13.4. The van der Waals surface area contributed by atoms with E-state index in [0.29, 0.717) is 24.0 Å². The van der Waals surface area contributed by atoms with Crippen LogP contribution in [0.15, 0.2) is 18.2 Å². The van der Waals surface area contributed by atoms with Gasteiger partial charge in [-0.25, -0.2) is 4.79 Å². The van der Waals surface area contributed by atoms with Crippen LogP contribution >= 0.6 is 0 Å². The van der Waals surface area contributed by atoms with Crippen LogP contribution in [0.1, 0.15) is 36.0 Å². The fraction of sp³-hybridized carbons (Fsp3) is 0.533. The number of carbonyl (C=O) groups is 1. The average molecular weight is 261 g/mol. The SMILES string of the molecule is Nc1cccc(C(=O)O)c1OCC1CC2CCC1C2. The minimum atomic E-state index is -0.991. The maximum atomic E-state index is 11.2. The highest BCUT2D eigenvalue weighted by Crippen LogP contribution is 2.48. The Balaban J connectivity index is 1.71. The molecule has 3 unspecified atom stereocenters. The molecule has 2 aliphatic rings. The number of rotatable bonds is 4. The number of hydrogen-bond donors (Lipinski definition) is 2. The number of anilines is 1. The molecule has 4 heteroatoms. The van der Waals surface area contributed by atoms with Gasteiger partial charge >= 0.3 is 5.97 Å². The predicted molar refractivity (Wildman–Crippen MR) is 72.2 cm³/mol. The summed E-state index contributed by atoms with van der Waals surface area (Å²) in [5.74, 6) is 1.54. The van der Waals surface area contributed by atoms with Crippen molar-refractivity contribution in [2.75, 3.05) is 12.3 Å². The first-order chi connectivity index (χ1) is 9.15. The van der Waals surface area contributed by atoms with E-state index in [9.17, 15) is 4.79 Å². The molecule has 0 amide bonds. The van der Waals surface area contributed by atoms with Gasteiger partial charge in [0.15, 0.2) is 5.75 Å². The van der Waals surface area contributed by atoms with Gasteiger partial charge in [0, 0.05) is 0 Å². The maximum Gasteiger partial charge on any atom is 0.339 e. The number of carboxylic acids is 1. The summed E-state index contributed by atoms with van der Waals surface area (Å²) in [7, 11) is 0. The molecular formula is C15H19NO3. The Morgan fingerprint density at radius 1 is 1.37 bits per heavy atom. The summed E-state index contributed by atoms with van der Waals surface area (Å²) in [6, 6.07) is 4.86. The molecule has 3 rings (SSSR count). The molecular weight excluding hydrogens is 242 g/mol. The largest absolute Gasteiger partial charge is 0.490 e. The molecule has 0 saturated heterocycles. The van der Waals surface area contributed by atoms with Gasteiger partial charge < -0.3 is 15.6 Å². The molecule has 1 aromatic carbocycles. The number of hydrogen-bond acceptors (Lipinski definition) is 3. The van der Waals surface area contributed by atoms with E-state index in [-0.39, 0.29) is 5.56 Å². The van der Waals surface area contributed by atoms with Crippen LogP contribution < -0.4 is 10.5 Å². The van der Waals surface area contributed by atoms with E-state index in [1.54, 1.807) is 12.1 Å². The van der Waals surface area contributed by atoms with Gasteiger partial charge in [0.25, 0.3) is 0 Å². The van der Waals surface area contributed by atoms with E-state index in [4.69, 9.17) is 15.6 Å². The first-order valence-corrected chi connectivity index (χ1v) is 6.89. The highest BCUT2D eigenvalue weighted by Gasteiger charge is 2.39. The third-order valence-corrected chi connectivity index (χ3v) is 4.60. The summed E-state index contributed by atoms with van der Waals surface area (Å²) in [4.78, 5) is 11.2. The van der Waals surface area contributed by atoms with Crippen LogP contribution in [-0.4, -0.2) is 17.7 Å². The molecule has 2 bridgehead atoms.